The minimum atomic E-state index is -5.25. The summed E-state index contributed by atoms with van der Waals surface area (Å²) >= 11 is 0. The zero-order valence-electron chi connectivity index (χ0n) is 60.4. The summed E-state index contributed by atoms with van der Waals surface area (Å²) in [5.41, 5.74) is 2.18. The summed E-state index contributed by atoms with van der Waals surface area (Å²) in [5.74, 6) is 0.795. The molecule has 12 atom stereocenters. The van der Waals surface area contributed by atoms with Crippen LogP contribution >= 0.6 is 15.6 Å². The van der Waals surface area contributed by atoms with Gasteiger partial charge in [-0.15, -0.1) is 0 Å². The van der Waals surface area contributed by atoms with Gasteiger partial charge in [-0.3, -0.25) is 18.1 Å². The fourth-order valence-electron chi connectivity index (χ4n) is 11.8. The summed E-state index contributed by atoms with van der Waals surface area (Å²) in [6, 6.07) is 37.6. The quantitative estimate of drug-likeness (QED) is 0.0307. The Morgan fingerprint density at radius 2 is 0.608 bits per heavy atom. The van der Waals surface area contributed by atoms with Crippen molar-refractivity contribution >= 4 is 15.6 Å². The van der Waals surface area contributed by atoms with Gasteiger partial charge in [-0.25, -0.2) is 9.13 Å². The summed E-state index contributed by atoms with van der Waals surface area (Å²) in [5, 5.41) is 0. The van der Waals surface area contributed by atoms with Crippen molar-refractivity contribution in [2.45, 2.75) is 204 Å². The largest absolute Gasteiger partial charge is 0.472 e. The molecule has 3 heterocycles. The molecule has 3 aliphatic rings. The lowest BCUT2D eigenvalue weighted by molar-refractivity contribution is -0.300. The van der Waals surface area contributed by atoms with Crippen LogP contribution in [0.1, 0.15) is 141 Å². The summed E-state index contributed by atoms with van der Waals surface area (Å²) in [6.07, 6.45) is 6.09. The molecule has 0 saturated carbocycles. The number of unbranched alkanes of at least 4 members (excludes halogenated alkanes) is 16. The maximum absolute atomic E-state index is 14.8. The van der Waals surface area contributed by atoms with Gasteiger partial charge in [0, 0.05) is 13.2 Å². The molecule has 26 heteroatoms. The Balaban J connectivity index is 1.04. The Labute approximate surface area is 606 Å². The Kier molecular flexibility index (Phi) is 44.4. The molecule has 0 spiro atoms. The number of para-hydroxylation sites is 2. The van der Waals surface area contributed by atoms with E-state index in [9.17, 15) is 18.9 Å². The highest BCUT2D eigenvalue weighted by molar-refractivity contribution is 7.47. The van der Waals surface area contributed by atoms with Crippen LogP contribution in [-0.2, 0) is 107 Å². The van der Waals surface area contributed by atoms with Crippen molar-refractivity contribution in [1.29, 1.82) is 0 Å². The van der Waals surface area contributed by atoms with Crippen molar-refractivity contribution in [2.24, 2.45) is 0 Å². The second-order valence-electron chi connectivity index (χ2n) is 25.4. The number of benzene rings is 4. The Morgan fingerprint density at radius 1 is 0.333 bits per heavy atom. The minimum absolute atomic E-state index is 0.0167. The van der Waals surface area contributed by atoms with E-state index < -0.39 is 90.3 Å². The summed E-state index contributed by atoms with van der Waals surface area (Å²) in [4.78, 5) is 24.1. The Bertz CT molecular complexity index is 2750. The number of hydrogen-bond acceptors (Lipinski definition) is 22. The Morgan fingerprint density at radius 3 is 0.951 bits per heavy atom. The number of rotatable bonds is 56. The predicted octanol–water partition coefficient (Wildman–Crippen LogP) is 13.7. The number of phosphoric acid groups is 2. The zero-order chi connectivity index (χ0) is 71.7. The monoisotopic (exact) mass is 1480 g/mol. The van der Waals surface area contributed by atoms with Gasteiger partial charge in [0.05, 0.1) is 132 Å². The molecule has 4 aromatic carbocycles. The van der Waals surface area contributed by atoms with Crippen molar-refractivity contribution in [3.8, 4) is 11.5 Å². The normalized spacial score (nSPS) is 24.7. The smallest absolute Gasteiger partial charge is 0.462 e. The molecule has 24 nitrogen and oxygen atoms in total. The molecule has 0 aromatic heterocycles. The van der Waals surface area contributed by atoms with Crippen LogP contribution in [0.5, 0.6) is 11.5 Å². The predicted molar refractivity (Wildman–Crippen MR) is 383 cm³/mol. The van der Waals surface area contributed by atoms with Crippen LogP contribution in [-0.4, -0.2) is 203 Å². The molecule has 7 rings (SSSR count). The topological polar surface area (TPSA) is 259 Å². The molecule has 0 radical (unpaired) electrons. The molecule has 2 N–H and O–H groups in total. The molecular weight excluding hydrogens is 1360 g/mol. The van der Waals surface area contributed by atoms with Crippen molar-refractivity contribution in [3.05, 3.63) is 132 Å². The minimum Gasteiger partial charge on any atom is -0.462 e. The molecule has 3 fully saturated rings. The number of fused-ring (bicyclic) bond motifs is 2. The first kappa shape index (κ1) is 85.4. The van der Waals surface area contributed by atoms with Crippen LogP contribution in [0, 0.1) is 0 Å². The second-order valence-corrected chi connectivity index (χ2v) is 28.2. The Hall–Kier alpha value is -3.86. The molecule has 3 aliphatic heterocycles. The van der Waals surface area contributed by atoms with Gasteiger partial charge in [0.15, 0.2) is 0 Å². The highest BCUT2D eigenvalue weighted by Crippen LogP contribution is 2.53. The van der Waals surface area contributed by atoms with Gasteiger partial charge < -0.3 is 85.6 Å². The van der Waals surface area contributed by atoms with E-state index in [1.54, 1.807) is 36.4 Å². The highest BCUT2D eigenvalue weighted by Gasteiger charge is 2.56. The number of hydrogen-bond donors (Lipinski definition) is 2. The molecule has 0 bridgehead atoms. The van der Waals surface area contributed by atoms with E-state index in [0.717, 1.165) is 56.1 Å². The molecule has 3 saturated heterocycles. The van der Waals surface area contributed by atoms with Crippen molar-refractivity contribution in [1.82, 2.24) is 0 Å². The van der Waals surface area contributed by atoms with E-state index in [4.69, 9.17) is 93.9 Å². The molecule has 102 heavy (non-hydrogen) atoms. The van der Waals surface area contributed by atoms with Gasteiger partial charge in [0.25, 0.3) is 0 Å². The van der Waals surface area contributed by atoms with Crippen LogP contribution in [0.15, 0.2) is 121 Å². The maximum atomic E-state index is 14.8. The molecule has 0 aliphatic carbocycles. The lowest BCUT2D eigenvalue weighted by Crippen LogP contribution is -2.63. The van der Waals surface area contributed by atoms with E-state index in [2.05, 4.69) is 13.8 Å². The van der Waals surface area contributed by atoms with Gasteiger partial charge >= 0.3 is 15.6 Å². The average molecular weight is 1480 g/mol. The lowest BCUT2D eigenvalue weighted by atomic mass is 9.98. The van der Waals surface area contributed by atoms with E-state index >= 15 is 0 Å². The average Bonchev–Trinajstić information content (AvgIpc) is 0.775. The van der Waals surface area contributed by atoms with Gasteiger partial charge in [-0.1, -0.05) is 214 Å². The van der Waals surface area contributed by atoms with Crippen LogP contribution in [0.25, 0.3) is 0 Å². The molecular formula is C76H118O24P2. The van der Waals surface area contributed by atoms with E-state index in [0.29, 0.717) is 90.4 Å². The van der Waals surface area contributed by atoms with Crippen molar-refractivity contribution in [3.63, 3.8) is 0 Å². The highest BCUT2D eigenvalue weighted by atomic mass is 31.2. The summed E-state index contributed by atoms with van der Waals surface area (Å²) in [6.45, 7) is 8.39. The molecule has 2 unspecified atom stereocenters. The van der Waals surface area contributed by atoms with Gasteiger partial charge in [-0.05, 0) is 48.2 Å². The molecule has 0 amide bonds. The van der Waals surface area contributed by atoms with E-state index in [-0.39, 0.29) is 66.1 Å². The SMILES string of the molecule is CCCCCCCCCCCO[C@@H]1[C@@H](OCCCCCCCCCCC)[C@H](Oc2ccccc2)O[C@@H]2COP(=O)(O)O[C@H]3[C@H](OCCOCCOCCOCCOCc4ccccc4)[C@@H](OCCOCCOCCOCCOCc4ccccc4)[C@H](Oc4ccccc4)O[C@@H]3COP(=O)(O)O[C@@H]12. The first-order valence-electron chi connectivity index (χ1n) is 37.3. The third-order valence-corrected chi connectivity index (χ3v) is 19.1. The van der Waals surface area contributed by atoms with E-state index in [1.165, 1.54) is 57.8 Å². The number of phosphoric ester groups is 2. The fourth-order valence-corrected chi connectivity index (χ4v) is 13.7. The van der Waals surface area contributed by atoms with Crippen molar-refractivity contribution < 1.29 is 113 Å². The third-order valence-electron chi connectivity index (χ3n) is 17.1. The summed E-state index contributed by atoms with van der Waals surface area (Å²) < 4.78 is 153. The lowest BCUT2D eigenvalue weighted by Gasteiger charge is -2.47. The molecule has 4 aromatic rings. The zero-order valence-corrected chi connectivity index (χ0v) is 62.2. The third kappa shape index (κ3) is 35.7. The first-order chi connectivity index (χ1) is 50.1. The van der Waals surface area contributed by atoms with Gasteiger partial charge in [-0.2, -0.15) is 0 Å². The second kappa shape index (κ2) is 53.0. The number of ether oxygens (including phenoxy) is 16. The van der Waals surface area contributed by atoms with Crippen LogP contribution < -0.4 is 9.47 Å². The van der Waals surface area contributed by atoms with Crippen LogP contribution in [0.4, 0.5) is 0 Å². The fraction of sp³-hybridized carbons (Fsp3) is 0.684. The van der Waals surface area contributed by atoms with Gasteiger partial charge in [0.1, 0.15) is 60.3 Å². The first-order valence-corrected chi connectivity index (χ1v) is 40.3. The van der Waals surface area contributed by atoms with E-state index in [1.807, 2.05) is 84.9 Å². The van der Waals surface area contributed by atoms with Crippen molar-refractivity contribution in [2.75, 3.05) is 132 Å². The molecule has 576 valence electrons. The summed E-state index contributed by atoms with van der Waals surface area (Å²) in [7, 11) is -10.5. The van der Waals surface area contributed by atoms with Crippen LogP contribution in [0.3, 0.4) is 0 Å². The van der Waals surface area contributed by atoms with Gasteiger partial charge in [0.2, 0.25) is 12.6 Å². The van der Waals surface area contributed by atoms with Crippen LogP contribution in [0.2, 0.25) is 0 Å². The standard InChI is InChI=1S/C76H118O24P2/c1-3-5-7-9-11-13-15-17-31-41-89-71-69-67(97-75(95-65-37-27-21-28-38-65)73(71)90-42-32-18-16-14-12-10-8-6-4-2)61-93-102(79,80)100-70-68(62-94-101(77,78)99-69)98-76(96-66-39-29-22-30-40-66)74(92-58-56-86-50-48-82-44-46-84-52-54-88-60-64-35-25-20-26-36-64)72(70)91-57-55-85-49-47-81-43-45-83-51-53-87-59-63-33-23-19-24-34-63/h19-30,33-40,67-76H,3-18,31-32,41-62H2,1-2H3,(H,77,78)(H,79,80)/t67-,68-,69-,70-,71+,72+,73-,74-,75-,76-/m1/s1. The maximum Gasteiger partial charge on any atom is 0.472 e.